The van der Waals surface area contributed by atoms with Gasteiger partial charge in [-0.15, -0.1) is 0 Å². The van der Waals surface area contributed by atoms with Crippen molar-refractivity contribution in [2.45, 2.75) is 0 Å². The van der Waals surface area contributed by atoms with Crippen LogP contribution in [0.5, 0.6) is 0 Å². The molecule has 2 heterocycles. The van der Waals surface area contributed by atoms with E-state index >= 15 is 0 Å². The summed E-state index contributed by atoms with van der Waals surface area (Å²) in [6.07, 6.45) is 0. The van der Waals surface area contributed by atoms with Crippen LogP contribution < -0.4 is 0 Å². The van der Waals surface area contributed by atoms with Gasteiger partial charge >= 0.3 is 0 Å². The predicted octanol–water partition coefficient (Wildman–Crippen LogP) is 4.46. The van der Waals surface area contributed by atoms with Gasteiger partial charge in [0, 0.05) is 4.47 Å². The molecule has 2 aromatic carbocycles. The van der Waals surface area contributed by atoms with Crippen LogP contribution in [0.15, 0.2) is 46.9 Å². The van der Waals surface area contributed by atoms with Gasteiger partial charge in [-0.2, -0.15) is 0 Å². The Morgan fingerprint density at radius 3 is 2.88 bits per heavy atom. The highest BCUT2D eigenvalue weighted by Gasteiger charge is 2.10. The van der Waals surface area contributed by atoms with Crippen molar-refractivity contribution in [3.05, 3.63) is 46.9 Å². The Morgan fingerprint density at radius 2 is 1.94 bits per heavy atom. The third kappa shape index (κ3) is 1.28. The molecule has 0 aliphatic rings. The van der Waals surface area contributed by atoms with Gasteiger partial charge in [0.15, 0.2) is 4.96 Å². The molecule has 0 spiro atoms. The van der Waals surface area contributed by atoms with Crippen LogP contribution in [0.25, 0.3) is 26.2 Å². The van der Waals surface area contributed by atoms with E-state index in [4.69, 9.17) is 0 Å². The molecule has 2 nitrogen and oxygen atoms in total. The number of imidazole rings is 1. The van der Waals surface area contributed by atoms with Crippen molar-refractivity contribution < 1.29 is 0 Å². The lowest BCUT2D eigenvalue weighted by Crippen LogP contribution is -1.79. The zero-order valence-corrected chi connectivity index (χ0v) is 11.1. The molecule has 0 saturated heterocycles. The number of thiazole rings is 1. The average Bonchev–Trinajstić information content (AvgIpc) is 2.84. The maximum absolute atomic E-state index is 4.65. The Bertz CT molecular complexity index is 860. The summed E-state index contributed by atoms with van der Waals surface area (Å²) in [7, 11) is 0. The summed E-state index contributed by atoms with van der Waals surface area (Å²) >= 11 is 5.25. The summed E-state index contributed by atoms with van der Waals surface area (Å²) < 4.78 is 4.58. The van der Waals surface area contributed by atoms with E-state index in [1.165, 1.54) is 10.2 Å². The Balaban J connectivity index is 2.33. The molecule has 4 rings (SSSR count). The highest BCUT2D eigenvalue weighted by Crippen LogP contribution is 2.30. The van der Waals surface area contributed by atoms with Crippen LogP contribution in [0.4, 0.5) is 0 Å². The third-order valence-corrected chi connectivity index (χ3v) is 4.41. The van der Waals surface area contributed by atoms with Gasteiger partial charge < -0.3 is 0 Å². The number of halogens is 1. The van der Waals surface area contributed by atoms with E-state index in [1.807, 2.05) is 12.1 Å². The van der Waals surface area contributed by atoms with Crippen LogP contribution in [0.3, 0.4) is 0 Å². The molecule has 4 aromatic rings. The fraction of sp³-hybridized carbons (Fsp3) is 0. The summed E-state index contributed by atoms with van der Waals surface area (Å²) in [5.74, 6) is 0. The van der Waals surface area contributed by atoms with Crippen LogP contribution in [0, 0.1) is 0 Å². The van der Waals surface area contributed by atoms with Crippen molar-refractivity contribution >= 4 is 53.5 Å². The number of benzene rings is 2. The molecule has 0 atom stereocenters. The number of hydrogen-bond donors (Lipinski definition) is 0. The molecular weight excluding hydrogens is 296 g/mol. The first-order valence-electron chi connectivity index (χ1n) is 5.28. The van der Waals surface area contributed by atoms with Gasteiger partial charge in [-0.1, -0.05) is 39.4 Å². The number of nitrogens with zero attached hydrogens (tertiary/aromatic N) is 2. The number of rotatable bonds is 0. The molecule has 0 bridgehead atoms. The highest BCUT2D eigenvalue weighted by molar-refractivity contribution is 9.10. The molecule has 82 valence electrons. The molecule has 0 radical (unpaired) electrons. The van der Waals surface area contributed by atoms with Crippen LogP contribution in [0.1, 0.15) is 0 Å². The van der Waals surface area contributed by atoms with Crippen molar-refractivity contribution in [2.24, 2.45) is 0 Å². The van der Waals surface area contributed by atoms with Gasteiger partial charge in [-0.3, -0.25) is 4.40 Å². The lowest BCUT2D eigenvalue weighted by Gasteiger charge is -1.94. The first kappa shape index (κ1) is 9.62. The van der Waals surface area contributed by atoms with E-state index in [-0.39, 0.29) is 0 Å². The third-order valence-electron chi connectivity index (χ3n) is 2.89. The first-order valence-corrected chi connectivity index (χ1v) is 6.89. The predicted molar refractivity (Wildman–Crippen MR) is 75.8 cm³/mol. The van der Waals surface area contributed by atoms with Gasteiger partial charge in [0.25, 0.3) is 0 Å². The molecule has 17 heavy (non-hydrogen) atoms. The standard InChI is InChI=1S/C13H7BrN2S/c14-8-5-6-9-11(7-8)16-10-3-1-2-4-12(10)17-13(16)15-9/h1-7H. The fourth-order valence-corrected chi connectivity index (χ4v) is 3.54. The number of fused-ring (bicyclic) bond motifs is 5. The highest BCUT2D eigenvalue weighted by atomic mass is 79.9. The molecular formula is C13H7BrN2S. The Hall–Kier alpha value is -1.39. The topological polar surface area (TPSA) is 17.3 Å². The number of para-hydroxylation sites is 1. The lowest BCUT2D eigenvalue weighted by atomic mass is 10.3. The summed E-state index contributed by atoms with van der Waals surface area (Å²) in [4.78, 5) is 5.71. The Labute approximate surface area is 110 Å². The lowest BCUT2D eigenvalue weighted by molar-refractivity contribution is 1.34. The molecule has 0 fully saturated rings. The normalized spacial score (nSPS) is 11.8. The van der Waals surface area contributed by atoms with E-state index in [9.17, 15) is 0 Å². The molecule has 0 aliphatic carbocycles. The average molecular weight is 303 g/mol. The van der Waals surface area contributed by atoms with Crippen molar-refractivity contribution in [3.8, 4) is 0 Å². The second-order valence-electron chi connectivity index (χ2n) is 3.93. The molecule has 0 amide bonds. The zero-order chi connectivity index (χ0) is 11.4. The molecule has 2 aromatic heterocycles. The second-order valence-corrected chi connectivity index (χ2v) is 5.86. The van der Waals surface area contributed by atoms with Crippen molar-refractivity contribution in [1.82, 2.24) is 9.38 Å². The smallest absolute Gasteiger partial charge is 0.195 e. The Morgan fingerprint density at radius 1 is 1.06 bits per heavy atom. The summed E-state index contributed by atoms with van der Waals surface area (Å²) in [5, 5.41) is 0. The van der Waals surface area contributed by atoms with Crippen LogP contribution >= 0.6 is 27.3 Å². The van der Waals surface area contributed by atoms with Crippen LogP contribution in [-0.2, 0) is 0 Å². The maximum atomic E-state index is 4.65. The summed E-state index contributed by atoms with van der Waals surface area (Å²) in [5.41, 5.74) is 3.44. The minimum atomic E-state index is 1.05. The van der Waals surface area contributed by atoms with Gasteiger partial charge in [0.2, 0.25) is 0 Å². The zero-order valence-electron chi connectivity index (χ0n) is 8.72. The SMILES string of the molecule is Brc1ccc2nc3sc4ccccc4n3c2c1. The van der Waals surface area contributed by atoms with E-state index in [1.54, 1.807) is 11.3 Å². The second kappa shape index (κ2) is 3.31. The Kier molecular flexibility index (Phi) is 1.87. The van der Waals surface area contributed by atoms with Gasteiger partial charge in [-0.05, 0) is 30.3 Å². The van der Waals surface area contributed by atoms with Crippen LogP contribution in [0.2, 0.25) is 0 Å². The number of aromatic nitrogens is 2. The molecule has 4 heteroatoms. The molecule has 0 unspecified atom stereocenters. The minimum absolute atomic E-state index is 1.05. The first-order chi connectivity index (χ1) is 8.33. The van der Waals surface area contributed by atoms with Gasteiger partial charge in [0.1, 0.15) is 0 Å². The quantitative estimate of drug-likeness (QED) is 0.468. The monoisotopic (exact) mass is 302 g/mol. The summed E-state index contributed by atoms with van der Waals surface area (Å²) in [6, 6.07) is 14.6. The summed E-state index contributed by atoms with van der Waals surface area (Å²) in [6.45, 7) is 0. The van der Waals surface area contributed by atoms with E-state index in [0.717, 1.165) is 20.5 Å². The van der Waals surface area contributed by atoms with Crippen LogP contribution in [-0.4, -0.2) is 9.38 Å². The van der Waals surface area contributed by atoms with Crippen molar-refractivity contribution in [2.75, 3.05) is 0 Å². The van der Waals surface area contributed by atoms with E-state index in [0.29, 0.717) is 0 Å². The van der Waals surface area contributed by atoms with E-state index < -0.39 is 0 Å². The maximum Gasteiger partial charge on any atom is 0.195 e. The van der Waals surface area contributed by atoms with Crippen molar-refractivity contribution in [3.63, 3.8) is 0 Å². The molecule has 0 saturated carbocycles. The minimum Gasteiger partial charge on any atom is -0.283 e. The molecule has 0 N–H and O–H groups in total. The van der Waals surface area contributed by atoms with E-state index in [2.05, 4.69) is 55.6 Å². The van der Waals surface area contributed by atoms with Gasteiger partial charge in [0.05, 0.1) is 21.3 Å². The van der Waals surface area contributed by atoms with Crippen molar-refractivity contribution in [1.29, 1.82) is 0 Å². The number of hydrogen-bond acceptors (Lipinski definition) is 2. The van der Waals surface area contributed by atoms with Gasteiger partial charge in [-0.25, -0.2) is 4.98 Å². The fourth-order valence-electron chi connectivity index (χ4n) is 2.15. The molecule has 0 aliphatic heterocycles. The largest absolute Gasteiger partial charge is 0.283 e.